The molecule has 0 aromatic heterocycles. The van der Waals surface area contributed by atoms with E-state index in [0.29, 0.717) is 0 Å². The van der Waals surface area contributed by atoms with Crippen molar-refractivity contribution >= 4 is 11.4 Å². The number of nitrogens with two attached hydrogens (primary N) is 1. The SMILES string of the molecule is CCN(Cc1ccccc1C#N)c1ccc(N)cc1. The fraction of sp³-hybridized carbons (Fsp3) is 0.188. The largest absolute Gasteiger partial charge is 0.399 e. The Hall–Kier alpha value is -2.47. The maximum Gasteiger partial charge on any atom is 0.0995 e. The monoisotopic (exact) mass is 251 g/mol. The number of nitrogen functional groups attached to an aromatic ring is 1. The minimum atomic E-state index is 0.726. The zero-order valence-electron chi connectivity index (χ0n) is 11.0. The van der Waals surface area contributed by atoms with Gasteiger partial charge in [0.25, 0.3) is 0 Å². The third kappa shape index (κ3) is 3.05. The number of anilines is 2. The highest BCUT2D eigenvalue weighted by Crippen LogP contribution is 2.20. The summed E-state index contributed by atoms with van der Waals surface area (Å²) in [6.07, 6.45) is 0. The van der Waals surface area contributed by atoms with Gasteiger partial charge in [0.15, 0.2) is 0 Å². The quantitative estimate of drug-likeness (QED) is 0.849. The Morgan fingerprint density at radius 1 is 1.11 bits per heavy atom. The molecule has 0 fully saturated rings. The molecule has 0 saturated heterocycles. The van der Waals surface area contributed by atoms with Crippen LogP contribution in [0.4, 0.5) is 11.4 Å². The Morgan fingerprint density at radius 3 is 2.42 bits per heavy atom. The predicted octanol–water partition coefficient (Wildman–Crippen LogP) is 3.17. The molecule has 0 radical (unpaired) electrons. The van der Waals surface area contributed by atoms with Crippen LogP contribution in [0.25, 0.3) is 0 Å². The van der Waals surface area contributed by atoms with E-state index in [9.17, 15) is 0 Å². The van der Waals surface area contributed by atoms with E-state index >= 15 is 0 Å². The molecule has 3 nitrogen and oxygen atoms in total. The molecule has 0 heterocycles. The highest BCUT2D eigenvalue weighted by atomic mass is 15.1. The van der Waals surface area contributed by atoms with Gasteiger partial charge >= 0.3 is 0 Å². The maximum absolute atomic E-state index is 9.13. The molecule has 2 N–H and O–H groups in total. The molecule has 96 valence electrons. The maximum atomic E-state index is 9.13. The van der Waals surface area contributed by atoms with Gasteiger partial charge in [-0.15, -0.1) is 0 Å². The molecule has 0 aliphatic carbocycles. The number of benzene rings is 2. The van der Waals surface area contributed by atoms with Crippen LogP contribution in [0, 0.1) is 11.3 Å². The van der Waals surface area contributed by atoms with Crippen molar-refractivity contribution in [2.75, 3.05) is 17.2 Å². The Morgan fingerprint density at radius 2 is 1.79 bits per heavy atom. The normalized spacial score (nSPS) is 9.89. The van der Waals surface area contributed by atoms with E-state index in [-0.39, 0.29) is 0 Å². The molecule has 0 bridgehead atoms. The van der Waals surface area contributed by atoms with Crippen molar-refractivity contribution < 1.29 is 0 Å². The highest BCUT2D eigenvalue weighted by Gasteiger charge is 2.08. The predicted molar refractivity (Wildman–Crippen MR) is 78.7 cm³/mol. The van der Waals surface area contributed by atoms with Crippen LogP contribution in [0.1, 0.15) is 18.1 Å². The smallest absolute Gasteiger partial charge is 0.0995 e. The van der Waals surface area contributed by atoms with Crippen molar-refractivity contribution in [3.63, 3.8) is 0 Å². The summed E-state index contributed by atoms with van der Waals surface area (Å²) in [6, 6.07) is 17.8. The Balaban J connectivity index is 2.24. The molecular weight excluding hydrogens is 234 g/mol. The lowest BCUT2D eigenvalue weighted by Gasteiger charge is -2.23. The molecule has 0 unspecified atom stereocenters. The molecule has 19 heavy (non-hydrogen) atoms. The number of nitriles is 1. The van der Waals surface area contributed by atoms with E-state index in [1.807, 2.05) is 48.5 Å². The molecule has 0 spiro atoms. The van der Waals surface area contributed by atoms with Crippen molar-refractivity contribution in [2.24, 2.45) is 0 Å². The van der Waals surface area contributed by atoms with Crippen LogP contribution in [0.5, 0.6) is 0 Å². The first kappa shape index (κ1) is 13.0. The van der Waals surface area contributed by atoms with E-state index in [1.165, 1.54) is 0 Å². The zero-order valence-corrected chi connectivity index (χ0v) is 11.0. The van der Waals surface area contributed by atoms with E-state index in [4.69, 9.17) is 11.0 Å². The van der Waals surface area contributed by atoms with Crippen molar-refractivity contribution in [1.29, 1.82) is 5.26 Å². The molecule has 2 rings (SSSR count). The molecule has 2 aromatic rings. The van der Waals surface area contributed by atoms with E-state index < -0.39 is 0 Å². The second-order valence-electron chi connectivity index (χ2n) is 4.37. The van der Waals surface area contributed by atoms with Crippen molar-refractivity contribution in [2.45, 2.75) is 13.5 Å². The van der Waals surface area contributed by atoms with Crippen LogP contribution >= 0.6 is 0 Å². The van der Waals surface area contributed by atoms with Gasteiger partial charge in [-0.25, -0.2) is 0 Å². The van der Waals surface area contributed by atoms with Crippen LogP contribution < -0.4 is 10.6 Å². The lowest BCUT2D eigenvalue weighted by Crippen LogP contribution is -2.22. The van der Waals surface area contributed by atoms with Gasteiger partial charge < -0.3 is 10.6 Å². The number of rotatable bonds is 4. The van der Waals surface area contributed by atoms with Gasteiger partial charge in [0.2, 0.25) is 0 Å². The first-order valence-corrected chi connectivity index (χ1v) is 6.33. The van der Waals surface area contributed by atoms with Gasteiger partial charge in [0, 0.05) is 24.5 Å². The summed E-state index contributed by atoms with van der Waals surface area (Å²) in [5.41, 5.74) is 9.36. The molecule has 0 aliphatic rings. The van der Waals surface area contributed by atoms with Crippen LogP contribution in [0.2, 0.25) is 0 Å². The van der Waals surface area contributed by atoms with Gasteiger partial charge in [0.1, 0.15) is 0 Å². The first-order valence-electron chi connectivity index (χ1n) is 6.33. The lowest BCUT2D eigenvalue weighted by atomic mass is 10.1. The molecule has 0 amide bonds. The van der Waals surface area contributed by atoms with E-state index in [1.54, 1.807) is 0 Å². The topological polar surface area (TPSA) is 53.0 Å². The molecule has 2 aromatic carbocycles. The average molecular weight is 251 g/mol. The van der Waals surface area contributed by atoms with Gasteiger partial charge in [-0.1, -0.05) is 18.2 Å². The minimum Gasteiger partial charge on any atom is -0.399 e. The van der Waals surface area contributed by atoms with Crippen LogP contribution in [-0.4, -0.2) is 6.54 Å². The fourth-order valence-corrected chi connectivity index (χ4v) is 2.04. The summed E-state index contributed by atoms with van der Waals surface area (Å²) in [6.45, 7) is 3.71. The van der Waals surface area contributed by atoms with Crippen molar-refractivity contribution in [1.82, 2.24) is 0 Å². The van der Waals surface area contributed by atoms with E-state index in [2.05, 4.69) is 17.9 Å². The Kier molecular flexibility index (Phi) is 4.04. The van der Waals surface area contributed by atoms with Crippen molar-refractivity contribution in [3.05, 3.63) is 59.7 Å². The molecule has 0 saturated carbocycles. The standard InChI is InChI=1S/C16H17N3/c1-2-19(16-9-7-15(18)8-10-16)12-14-6-4-3-5-13(14)11-17/h3-10H,2,12,18H2,1H3. The fourth-order valence-electron chi connectivity index (χ4n) is 2.04. The van der Waals surface area contributed by atoms with Crippen LogP contribution in [-0.2, 0) is 6.54 Å². The number of hydrogen-bond acceptors (Lipinski definition) is 3. The Bertz CT molecular complexity index is 582. The summed E-state index contributed by atoms with van der Waals surface area (Å²) in [5.74, 6) is 0. The summed E-state index contributed by atoms with van der Waals surface area (Å²) >= 11 is 0. The average Bonchev–Trinajstić information content (AvgIpc) is 2.46. The first-order chi connectivity index (χ1) is 9.24. The van der Waals surface area contributed by atoms with Gasteiger partial charge in [0.05, 0.1) is 11.6 Å². The third-order valence-corrected chi connectivity index (χ3v) is 3.14. The van der Waals surface area contributed by atoms with Gasteiger partial charge in [-0.2, -0.15) is 5.26 Å². The number of nitrogens with zero attached hydrogens (tertiary/aromatic N) is 2. The highest BCUT2D eigenvalue weighted by molar-refractivity contribution is 5.54. The zero-order chi connectivity index (χ0) is 13.7. The molecule has 3 heteroatoms. The van der Waals surface area contributed by atoms with Crippen molar-refractivity contribution in [3.8, 4) is 6.07 Å². The van der Waals surface area contributed by atoms with Crippen LogP contribution in [0.3, 0.4) is 0 Å². The second kappa shape index (κ2) is 5.92. The third-order valence-electron chi connectivity index (χ3n) is 3.14. The summed E-state index contributed by atoms with van der Waals surface area (Å²) in [5, 5.41) is 9.13. The Labute approximate surface area is 113 Å². The van der Waals surface area contributed by atoms with E-state index in [0.717, 1.165) is 35.6 Å². The molecule has 0 atom stereocenters. The summed E-state index contributed by atoms with van der Waals surface area (Å²) in [4.78, 5) is 2.22. The lowest BCUT2D eigenvalue weighted by molar-refractivity contribution is 0.830. The minimum absolute atomic E-state index is 0.726. The van der Waals surface area contributed by atoms with Crippen LogP contribution in [0.15, 0.2) is 48.5 Å². The number of hydrogen-bond donors (Lipinski definition) is 1. The molecule has 0 aliphatic heterocycles. The second-order valence-corrected chi connectivity index (χ2v) is 4.37. The van der Waals surface area contributed by atoms with Gasteiger partial charge in [-0.3, -0.25) is 0 Å². The molecular formula is C16H17N3. The summed E-state index contributed by atoms with van der Waals surface area (Å²) < 4.78 is 0. The van der Waals surface area contributed by atoms with Gasteiger partial charge in [-0.05, 0) is 42.8 Å². The summed E-state index contributed by atoms with van der Waals surface area (Å²) in [7, 11) is 0.